The van der Waals surface area contributed by atoms with Gasteiger partial charge in [0.05, 0.1) is 6.10 Å². The summed E-state index contributed by atoms with van der Waals surface area (Å²) in [5, 5.41) is 0. The molecule has 2 heteroatoms. The fourth-order valence-corrected chi connectivity index (χ4v) is 1.07. The molecule has 0 fully saturated rings. The summed E-state index contributed by atoms with van der Waals surface area (Å²) < 4.78 is 10.2. The molecule has 0 saturated heterocycles. The second-order valence-corrected chi connectivity index (χ2v) is 3.10. The van der Waals surface area contributed by atoms with Crippen LogP contribution in [0.25, 0.3) is 0 Å². The summed E-state index contributed by atoms with van der Waals surface area (Å²) in [6.45, 7) is 2.94. The van der Waals surface area contributed by atoms with Crippen molar-refractivity contribution >= 4 is 0 Å². The van der Waals surface area contributed by atoms with Crippen molar-refractivity contribution in [2.75, 3.05) is 20.8 Å². The molecule has 1 atom stereocenters. The molecule has 0 spiro atoms. The number of hydrogen-bond acceptors (Lipinski definition) is 2. The van der Waals surface area contributed by atoms with E-state index in [9.17, 15) is 0 Å². The molecule has 14 heavy (non-hydrogen) atoms. The van der Waals surface area contributed by atoms with Gasteiger partial charge in [-0.25, -0.2) is 0 Å². The van der Waals surface area contributed by atoms with E-state index in [1.54, 1.807) is 14.2 Å². The Morgan fingerprint density at radius 3 is 2.43 bits per heavy atom. The zero-order chi connectivity index (χ0) is 10.6. The second kappa shape index (κ2) is 10.5. The first kappa shape index (κ1) is 13.4. The SMILES string of the molecule is CCC=CC(C=CCCCOC)OC. The standard InChI is InChI=1S/C12H22O2/c1-4-5-9-12(14-3)10-7-6-8-11-13-2/h5,7,9-10,12H,4,6,8,11H2,1-3H3. The minimum atomic E-state index is 0.123. The molecular weight excluding hydrogens is 176 g/mol. The highest BCUT2D eigenvalue weighted by molar-refractivity contribution is 5.02. The molecule has 0 radical (unpaired) electrons. The van der Waals surface area contributed by atoms with E-state index >= 15 is 0 Å². The molecule has 1 unspecified atom stereocenters. The van der Waals surface area contributed by atoms with E-state index in [2.05, 4.69) is 31.2 Å². The van der Waals surface area contributed by atoms with Gasteiger partial charge in [-0.15, -0.1) is 0 Å². The van der Waals surface area contributed by atoms with Gasteiger partial charge < -0.3 is 9.47 Å². The van der Waals surface area contributed by atoms with E-state index in [-0.39, 0.29) is 6.10 Å². The maximum absolute atomic E-state index is 5.25. The first-order valence-electron chi connectivity index (χ1n) is 5.20. The fourth-order valence-electron chi connectivity index (χ4n) is 1.07. The molecular formula is C12H22O2. The van der Waals surface area contributed by atoms with Crippen LogP contribution in [0.3, 0.4) is 0 Å². The van der Waals surface area contributed by atoms with Crippen molar-refractivity contribution in [2.24, 2.45) is 0 Å². The van der Waals surface area contributed by atoms with E-state index < -0.39 is 0 Å². The van der Waals surface area contributed by atoms with Gasteiger partial charge in [0.1, 0.15) is 0 Å². The van der Waals surface area contributed by atoms with E-state index in [1.807, 2.05) is 0 Å². The highest BCUT2D eigenvalue weighted by atomic mass is 16.5. The highest BCUT2D eigenvalue weighted by Gasteiger charge is 1.94. The van der Waals surface area contributed by atoms with Crippen LogP contribution >= 0.6 is 0 Å². The normalized spacial score (nSPS) is 14.2. The van der Waals surface area contributed by atoms with Gasteiger partial charge in [0.15, 0.2) is 0 Å². The molecule has 0 amide bonds. The number of allylic oxidation sites excluding steroid dienone is 2. The quantitative estimate of drug-likeness (QED) is 0.441. The van der Waals surface area contributed by atoms with Gasteiger partial charge in [-0.2, -0.15) is 0 Å². The number of ether oxygens (including phenoxy) is 2. The lowest BCUT2D eigenvalue weighted by Crippen LogP contribution is -2.01. The molecule has 0 aliphatic heterocycles. The van der Waals surface area contributed by atoms with E-state index in [0.717, 1.165) is 25.9 Å². The van der Waals surface area contributed by atoms with E-state index in [1.165, 1.54) is 0 Å². The number of methoxy groups -OCH3 is 2. The van der Waals surface area contributed by atoms with Crippen LogP contribution in [-0.4, -0.2) is 26.9 Å². The summed E-state index contributed by atoms with van der Waals surface area (Å²) in [7, 11) is 3.45. The van der Waals surface area contributed by atoms with Crippen LogP contribution in [0.4, 0.5) is 0 Å². The third-order valence-electron chi connectivity index (χ3n) is 1.88. The Morgan fingerprint density at radius 1 is 1.14 bits per heavy atom. The highest BCUT2D eigenvalue weighted by Crippen LogP contribution is 1.99. The Hall–Kier alpha value is -0.600. The molecule has 2 nitrogen and oxygen atoms in total. The van der Waals surface area contributed by atoms with Gasteiger partial charge in [-0.3, -0.25) is 0 Å². The minimum absolute atomic E-state index is 0.123. The van der Waals surface area contributed by atoms with Crippen LogP contribution in [0.15, 0.2) is 24.3 Å². The average molecular weight is 198 g/mol. The summed E-state index contributed by atoms with van der Waals surface area (Å²) in [6.07, 6.45) is 11.7. The molecule has 0 aromatic heterocycles. The van der Waals surface area contributed by atoms with Gasteiger partial charge >= 0.3 is 0 Å². The van der Waals surface area contributed by atoms with Crippen molar-refractivity contribution in [1.82, 2.24) is 0 Å². The molecule has 0 N–H and O–H groups in total. The van der Waals surface area contributed by atoms with Gasteiger partial charge in [-0.1, -0.05) is 31.2 Å². The zero-order valence-corrected chi connectivity index (χ0v) is 9.53. The predicted octanol–water partition coefficient (Wildman–Crippen LogP) is 2.95. The Kier molecular flexibility index (Phi) is 10.0. The molecule has 0 rings (SSSR count). The molecule has 0 aromatic carbocycles. The molecule has 0 saturated carbocycles. The smallest absolute Gasteiger partial charge is 0.0933 e. The van der Waals surface area contributed by atoms with Crippen molar-refractivity contribution in [1.29, 1.82) is 0 Å². The Balaban J connectivity index is 3.63. The summed E-state index contributed by atoms with van der Waals surface area (Å²) in [6, 6.07) is 0. The van der Waals surface area contributed by atoms with Gasteiger partial charge in [0.25, 0.3) is 0 Å². The Labute approximate surface area is 87.6 Å². The lowest BCUT2D eigenvalue weighted by Gasteiger charge is -2.04. The Morgan fingerprint density at radius 2 is 1.86 bits per heavy atom. The summed E-state index contributed by atoms with van der Waals surface area (Å²) in [5.41, 5.74) is 0. The lowest BCUT2D eigenvalue weighted by molar-refractivity contribution is 0.176. The molecule has 0 aliphatic carbocycles. The molecule has 0 aromatic rings. The number of unbranched alkanes of at least 4 members (excludes halogenated alkanes) is 1. The van der Waals surface area contributed by atoms with Gasteiger partial charge in [0, 0.05) is 20.8 Å². The molecule has 0 heterocycles. The van der Waals surface area contributed by atoms with Crippen molar-refractivity contribution in [3.05, 3.63) is 24.3 Å². The number of hydrogen-bond donors (Lipinski definition) is 0. The van der Waals surface area contributed by atoms with E-state index in [0.29, 0.717) is 0 Å². The lowest BCUT2D eigenvalue weighted by atomic mass is 10.2. The maximum Gasteiger partial charge on any atom is 0.0933 e. The van der Waals surface area contributed by atoms with E-state index in [4.69, 9.17) is 9.47 Å². The molecule has 0 bridgehead atoms. The van der Waals surface area contributed by atoms with Crippen LogP contribution in [0.1, 0.15) is 26.2 Å². The number of rotatable bonds is 8. The van der Waals surface area contributed by atoms with Crippen LogP contribution in [0.2, 0.25) is 0 Å². The summed E-state index contributed by atoms with van der Waals surface area (Å²) in [4.78, 5) is 0. The van der Waals surface area contributed by atoms with Crippen molar-refractivity contribution in [3.63, 3.8) is 0 Å². The fraction of sp³-hybridized carbons (Fsp3) is 0.667. The molecule has 0 aliphatic rings. The third kappa shape index (κ3) is 8.02. The third-order valence-corrected chi connectivity index (χ3v) is 1.88. The minimum Gasteiger partial charge on any atom is -0.385 e. The summed E-state index contributed by atoms with van der Waals surface area (Å²) in [5.74, 6) is 0. The van der Waals surface area contributed by atoms with Crippen molar-refractivity contribution in [3.8, 4) is 0 Å². The summed E-state index contributed by atoms with van der Waals surface area (Å²) >= 11 is 0. The second-order valence-electron chi connectivity index (χ2n) is 3.10. The first-order valence-corrected chi connectivity index (χ1v) is 5.20. The first-order chi connectivity index (χ1) is 6.85. The average Bonchev–Trinajstić information content (AvgIpc) is 2.22. The zero-order valence-electron chi connectivity index (χ0n) is 9.53. The van der Waals surface area contributed by atoms with Crippen LogP contribution in [0, 0.1) is 0 Å². The molecule has 82 valence electrons. The topological polar surface area (TPSA) is 18.5 Å². The van der Waals surface area contributed by atoms with Crippen molar-refractivity contribution in [2.45, 2.75) is 32.3 Å². The van der Waals surface area contributed by atoms with Gasteiger partial charge in [0.2, 0.25) is 0 Å². The van der Waals surface area contributed by atoms with Crippen LogP contribution < -0.4 is 0 Å². The van der Waals surface area contributed by atoms with Crippen LogP contribution in [-0.2, 0) is 9.47 Å². The monoisotopic (exact) mass is 198 g/mol. The predicted molar refractivity (Wildman–Crippen MR) is 60.5 cm³/mol. The van der Waals surface area contributed by atoms with Crippen molar-refractivity contribution < 1.29 is 9.47 Å². The van der Waals surface area contributed by atoms with Crippen LogP contribution in [0.5, 0.6) is 0 Å². The Bertz CT molecular complexity index is 162. The maximum atomic E-state index is 5.25. The largest absolute Gasteiger partial charge is 0.385 e. The van der Waals surface area contributed by atoms with Gasteiger partial charge in [-0.05, 0) is 19.3 Å².